The molecule has 0 bridgehead atoms. The third kappa shape index (κ3) is 5.57. The van der Waals surface area contributed by atoms with Crippen LogP contribution in [0.5, 0.6) is 0 Å². The molecule has 0 saturated carbocycles. The largest absolute Gasteiger partial charge is 0.314 e. The Morgan fingerprint density at radius 1 is 1.33 bits per heavy atom. The van der Waals surface area contributed by atoms with Gasteiger partial charge in [-0.2, -0.15) is 17.0 Å². The van der Waals surface area contributed by atoms with Crippen molar-refractivity contribution < 1.29 is 0 Å². The average molecular weight is 262 g/mol. The summed E-state index contributed by atoms with van der Waals surface area (Å²) in [4.78, 5) is 0. The zero-order valence-corrected chi connectivity index (χ0v) is 12.1. The molecule has 3 heteroatoms. The molecule has 1 aromatic rings. The van der Waals surface area contributed by atoms with Gasteiger partial charge in [0.1, 0.15) is 5.54 Å². The van der Waals surface area contributed by atoms with Gasteiger partial charge in [-0.05, 0) is 50.0 Å². The van der Waals surface area contributed by atoms with E-state index >= 15 is 0 Å². The van der Waals surface area contributed by atoms with Gasteiger partial charge < -0.3 is 5.73 Å². The van der Waals surface area contributed by atoms with Crippen LogP contribution in [0.3, 0.4) is 0 Å². The van der Waals surface area contributed by atoms with Gasteiger partial charge in [-0.1, -0.05) is 24.3 Å². The van der Waals surface area contributed by atoms with Crippen molar-refractivity contribution in [3.05, 3.63) is 35.4 Å². The Morgan fingerprint density at radius 2 is 2.06 bits per heavy atom. The lowest BCUT2D eigenvalue weighted by Gasteiger charge is -2.14. The number of hydrogen-bond acceptors (Lipinski definition) is 3. The molecule has 0 fully saturated rings. The van der Waals surface area contributed by atoms with Crippen LogP contribution < -0.4 is 5.73 Å². The minimum atomic E-state index is -0.652. The van der Waals surface area contributed by atoms with Crippen molar-refractivity contribution in [3.8, 4) is 6.07 Å². The van der Waals surface area contributed by atoms with Gasteiger partial charge in [-0.15, -0.1) is 0 Å². The molecule has 1 unspecified atom stereocenters. The summed E-state index contributed by atoms with van der Waals surface area (Å²) < 4.78 is 0. The number of nitrogens with two attached hydrogens (primary N) is 1. The quantitative estimate of drug-likeness (QED) is 0.763. The van der Waals surface area contributed by atoms with Crippen LogP contribution in [-0.4, -0.2) is 11.3 Å². The summed E-state index contributed by atoms with van der Waals surface area (Å²) in [6.45, 7) is 3.95. The lowest BCUT2D eigenvalue weighted by Crippen LogP contribution is -2.33. The van der Waals surface area contributed by atoms with Gasteiger partial charge in [0.15, 0.2) is 0 Å². The van der Waals surface area contributed by atoms with E-state index in [2.05, 4.69) is 37.3 Å². The lowest BCUT2D eigenvalue weighted by molar-refractivity contribution is 0.519. The van der Waals surface area contributed by atoms with E-state index in [0.29, 0.717) is 0 Å². The van der Waals surface area contributed by atoms with Gasteiger partial charge in [0.25, 0.3) is 0 Å². The Kier molecular flexibility index (Phi) is 6.24. The first-order valence-electron chi connectivity index (χ1n) is 6.37. The summed E-state index contributed by atoms with van der Waals surface area (Å²) in [7, 11) is 0. The first kappa shape index (κ1) is 15.1. The van der Waals surface area contributed by atoms with Crippen LogP contribution in [0.2, 0.25) is 0 Å². The molecular formula is C15H22N2S. The molecule has 18 heavy (non-hydrogen) atoms. The van der Waals surface area contributed by atoms with Gasteiger partial charge >= 0.3 is 0 Å². The molecule has 0 spiro atoms. The molecule has 0 aliphatic carbocycles. The Balaban J connectivity index is 2.13. The molecule has 0 heterocycles. The highest BCUT2D eigenvalue weighted by Gasteiger charge is 2.15. The Morgan fingerprint density at radius 3 is 2.72 bits per heavy atom. The standard InChI is InChI=1S/C15H22N2S/c1-13-7-3-4-8-14(13)11-18-10-6-5-9-15(2,17)12-16/h3-4,7-8H,5-6,9-11,17H2,1-2H3. The molecule has 98 valence electrons. The molecule has 2 nitrogen and oxygen atoms in total. The number of unbranched alkanes of at least 4 members (excludes halogenated alkanes) is 1. The molecule has 1 rings (SSSR count). The maximum atomic E-state index is 8.80. The van der Waals surface area contributed by atoms with E-state index in [9.17, 15) is 0 Å². The molecule has 2 N–H and O–H groups in total. The first-order chi connectivity index (χ1) is 8.55. The van der Waals surface area contributed by atoms with Crippen LogP contribution in [0, 0.1) is 18.3 Å². The summed E-state index contributed by atoms with van der Waals surface area (Å²) >= 11 is 1.95. The first-order valence-corrected chi connectivity index (χ1v) is 7.53. The Bertz CT molecular complexity index is 407. The predicted octanol–water partition coefficient (Wildman–Crippen LogP) is 3.64. The molecule has 0 saturated heterocycles. The van der Waals surface area contributed by atoms with Crippen molar-refractivity contribution in [1.29, 1.82) is 5.26 Å². The minimum absolute atomic E-state index is 0.652. The zero-order valence-electron chi connectivity index (χ0n) is 11.3. The molecule has 1 atom stereocenters. The van der Waals surface area contributed by atoms with E-state index in [1.807, 2.05) is 11.8 Å². The summed E-state index contributed by atoms with van der Waals surface area (Å²) in [6.07, 6.45) is 2.95. The second-order valence-corrected chi connectivity index (χ2v) is 6.07. The minimum Gasteiger partial charge on any atom is -0.314 e. The number of benzene rings is 1. The highest BCUT2D eigenvalue weighted by atomic mass is 32.2. The SMILES string of the molecule is Cc1ccccc1CSCCCCC(C)(N)C#N. The van der Waals surface area contributed by atoms with Gasteiger partial charge in [-0.3, -0.25) is 0 Å². The van der Waals surface area contributed by atoms with Gasteiger partial charge in [-0.25, -0.2) is 0 Å². The van der Waals surface area contributed by atoms with Crippen LogP contribution in [-0.2, 0) is 5.75 Å². The molecule has 1 aromatic carbocycles. The van der Waals surface area contributed by atoms with Crippen LogP contribution in [0.25, 0.3) is 0 Å². The van der Waals surface area contributed by atoms with Gasteiger partial charge in [0, 0.05) is 5.75 Å². The van der Waals surface area contributed by atoms with E-state index < -0.39 is 5.54 Å². The fourth-order valence-corrected chi connectivity index (χ4v) is 2.80. The highest BCUT2D eigenvalue weighted by Crippen LogP contribution is 2.18. The summed E-state index contributed by atoms with van der Waals surface area (Å²) in [5, 5.41) is 8.80. The van der Waals surface area contributed by atoms with Crippen LogP contribution >= 0.6 is 11.8 Å². The van der Waals surface area contributed by atoms with Crippen LogP contribution in [0.1, 0.15) is 37.3 Å². The van der Waals surface area contributed by atoms with Crippen LogP contribution in [0.4, 0.5) is 0 Å². The van der Waals surface area contributed by atoms with E-state index in [-0.39, 0.29) is 0 Å². The predicted molar refractivity (Wildman–Crippen MR) is 79.4 cm³/mol. The van der Waals surface area contributed by atoms with Crippen molar-refractivity contribution in [1.82, 2.24) is 0 Å². The van der Waals surface area contributed by atoms with Crippen molar-refractivity contribution in [2.24, 2.45) is 5.73 Å². The van der Waals surface area contributed by atoms with Gasteiger partial charge in [0.2, 0.25) is 0 Å². The fourth-order valence-electron chi connectivity index (χ4n) is 1.71. The smallest absolute Gasteiger partial charge is 0.101 e. The van der Waals surface area contributed by atoms with Crippen molar-refractivity contribution >= 4 is 11.8 Å². The second-order valence-electron chi connectivity index (χ2n) is 4.97. The van der Waals surface area contributed by atoms with E-state index in [0.717, 1.165) is 30.8 Å². The van der Waals surface area contributed by atoms with E-state index in [1.165, 1.54) is 11.1 Å². The van der Waals surface area contributed by atoms with Crippen molar-refractivity contribution in [2.75, 3.05) is 5.75 Å². The van der Waals surface area contributed by atoms with E-state index in [4.69, 9.17) is 11.0 Å². The maximum Gasteiger partial charge on any atom is 0.101 e. The lowest BCUT2D eigenvalue weighted by atomic mass is 9.99. The van der Waals surface area contributed by atoms with Gasteiger partial charge in [0.05, 0.1) is 6.07 Å². The molecule has 0 aromatic heterocycles. The number of nitriles is 1. The maximum absolute atomic E-state index is 8.80. The fraction of sp³-hybridized carbons (Fsp3) is 0.533. The Labute approximate surface area is 115 Å². The second kappa shape index (κ2) is 7.45. The average Bonchev–Trinajstić information content (AvgIpc) is 2.35. The van der Waals surface area contributed by atoms with Crippen molar-refractivity contribution in [3.63, 3.8) is 0 Å². The summed E-state index contributed by atoms with van der Waals surface area (Å²) in [6, 6.07) is 10.7. The monoisotopic (exact) mass is 262 g/mol. The molecular weight excluding hydrogens is 240 g/mol. The Hall–Kier alpha value is -0.980. The van der Waals surface area contributed by atoms with Crippen LogP contribution in [0.15, 0.2) is 24.3 Å². The molecule has 0 radical (unpaired) electrons. The zero-order chi connectivity index (χ0) is 13.4. The normalized spacial score (nSPS) is 13.9. The molecule has 0 aliphatic heterocycles. The third-order valence-corrected chi connectivity index (χ3v) is 4.10. The highest BCUT2D eigenvalue weighted by molar-refractivity contribution is 7.98. The van der Waals surface area contributed by atoms with E-state index in [1.54, 1.807) is 6.92 Å². The molecule has 0 aliphatic rings. The number of nitrogens with zero attached hydrogens (tertiary/aromatic N) is 1. The summed E-state index contributed by atoms with van der Waals surface area (Å²) in [5.41, 5.74) is 7.91. The molecule has 0 amide bonds. The number of aryl methyl sites for hydroxylation is 1. The summed E-state index contributed by atoms with van der Waals surface area (Å²) in [5.74, 6) is 2.21. The number of hydrogen-bond donors (Lipinski definition) is 1. The third-order valence-electron chi connectivity index (χ3n) is 3.01. The van der Waals surface area contributed by atoms with Crippen molar-refractivity contribution in [2.45, 2.75) is 44.4 Å². The number of thioether (sulfide) groups is 1. The number of rotatable bonds is 7. The topological polar surface area (TPSA) is 49.8 Å².